The Morgan fingerprint density at radius 3 is 2.60 bits per heavy atom. The van der Waals surface area contributed by atoms with Crippen molar-refractivity contribution in [2.75, 3.05) is 40.0 Å². The van der Waals surface area contributed by atoms with Crippen molar-refractivity contribution in [2.24, 2.45) is 5.10 Å². The summed E-state index contributed by atoms with van der Waals surface area (Å²) < 4.78 is 16.6. The number of aryl methyl sites for hydroxylation is 1. The Hall–Kier alpha value is -2.61. The lowest BCUT2D eigenvalue weighted by Gasteiger charge is -2.25. The summed E-state index contributed by atoms with van der Waals surface area (Å²) in [7, 11) is 1.60. The summed E-state index contributed by atoms with van der Waals surface area (Å²) >= 11 is 0. The third-order valence-electron chi connectivity index (χ3n) is 4.58. The molecule has 0 aliphatic carbocycles. The number of carbonyl (C=O) groups is 1. The Bertz CT molecular complexity index is 837. The van der Waals surface area contributed by atoms with Gasteiger partial charge in [0.15, 0.2) is 11.5 Å². The average molecular weight is 434 g/mol. The first-order valence-electron chi connectivity index (χ1n) is 9.62. The summed E-state index contributed by atoms with van der Waals surface area (Å²) in [6.07, 6.45) is 1.59. The minimum atomic E-state index is -0.145. The van der Waals surface area contributed by atoms with Gasteiger partial charge in [-0.05, 0) is 36.2 Å². The smallest absolute Gasteiger partial charge is 0.254 e. The standard InChI is InChI=1S/C22H27N3O4.ClH/c1-17-3-5-18(6-4-17)16-29-20-8-7-19(13-21(20)27-2)14-23-24-22(26)15-25-9-11-28-12-10-25;/h3-8,13-14H,9-12,15-16H2,1-2H3,(H,24,26);1H/b23-14+;. The van der Waals surface area contributed by atoms with Gasteiger partial charge in [0.1, 0.15) is 6.61 Å². The average Bonchev–Trinajstić information content (AvgIpc) is 2.74. The third-order valence-corrected chi connectivity index (χ3v) is 4.58. The monoisotopic (exact) mass is 433 g/mol. The highest BCUT2D eigenvalue weighted by molar-refractivity contribution is 5.85. The number of hydrogen-bond acceptors (Lipinski definition) is 6. The second-order valence-electron chi connectivity index (χ2n) is 6.87. The molecule has 8 heteroatoms. The SMILES string of the molecule is COc1cc(/C=N/NC(=O)CN2CCOCC2)ccc1OCc1ccc(C)cc1.Cl. The van der Waals surface area contributed by atoms with Crippen molar-refractivity contribution in [3.63, 3.8) is 0 Å². The molecule has 0 saturated carbocycles. The molecule has 0 spiro atoms. The van der Waals surface area contributed by atoms with Gasteiger partial charge < -0.3 is 14.2 Å². The second-order valence-corrected chi connectivity index (χ2v) is 6.87. The summed E-state index contributed by atoms with van der Waals surface area (Å²) in [4.78, 5) is 14.0. The van der Waals surface area contributed by atoms with Crippen molar-refractivity contribution in [1.29, 1.82) is 0 Å². The minimum absolute atomic E-state index is 0. The van der Waals surface area contributed by atoms with Gasteiger partial charge in [-0.1, -0.05) is 29.8 Å². The zero-order chi connectivity index (χ0) is 20.5. The third kappa shape index (κ3) is 7.33. The Morgan fingerprint density at radius 1 is 1.17 bits per heavy atom. The van der Waals surface area contributed by atoms with E-state index in [0.717, 1.165) is 24.2 Å². The first-order valence-corrected chi connectivity index (χ1v) is 9.62. The molecule has 0 unspecified atom stereocenters. The molecule has 0 atom stereocenters. The molecular formula is C22H28ClN3O4. The molecule has 1 aliphatic rings. The van der Waals surface area contributed by atoms with E-state index in [-0.39, 0.29) is 18.3 Å². The Balaban J connectivity index is 0.00000320. The van der Waals surface area contributed by atoms with Crippen LogP contribution >= 0.6 is 12.4 Å². The van der Waals surface area contributed by atoms with E-state index in [0.29, 0.717) is 37.9 Å². The number of hydrogen-bond donors (Lipinski definition) is 1. The molecule has 1 heterocycles. The summed E-state index contributed by atoms with van der Waals surface area (Å²) in [5.41, 5.74) is 5.66. The van der Waals surface area contributed by atoms with E-state index in [1.165, 1.54) is 5.56 Å². The molecule has 162 valence electrons. The number of halogens is 1. The number of ether oxygens (including phenoxy) is 3. The molecule has 0 radical (unpaired) electrons. The molecule has 1 saturated heterocycles. The predicted octanol–water partition coefficient (Wildman–Crippen LogP) is 2.79. The lowest BCUT2D eigenvalue weighted by atomic mass is 10.2. The van der Waals surface area contributed by atoms with Crippen LogP contribution in [-0.2, 0) is 16.1 Å². The normalized spacial score (nSPS) is 14.2. The van der Waals surface area contributed by atoms with Gasteiger partial charge in [-0.25, -0.2) is 5.43 Å². The molecule has 2 aromatic rings. The number of rotatable bonds is 8. The highest BCUT2D eigenvalue weighted by atomic mass is 35.5. The van der Waals surface area contributed by atoms with Gasteiger partial charge in [0.2, 0.25) is 0 Å². The summed E-state index contributed by atoms with van der Waals surface area (Å²) in [5.74, 6) is 1.12. The van der Waals surface area contributed by atoms with Crippen LogP contribution in [0.3, 0.4) is 0 Å². The first-order chi connectivity index (χ1) is 14.1. The number of hydrazone groups is 1. The van der Waals surface area contributed by atoms with Crippen molar-refractivity contribution in [1.82, 2.24) is 10.3 Å². The van der Waals surface area contributed by atoms with Crippen LogP contribution in [0, 0.1) is 6.92 Å². The van der Waals surface area contributed by atoms with Crippen LogP contribution in [0.25, 0.3) is 0 Å². The molecule has 1 amide bonds. The number of carbonyl (C=O) groups excluding carboxylic acids is 1. The van der Waals surface area contributed by atoms with Crippen molar-refractivity contribution in [3.05, 3.63) is 59.2 Å². The zero-order valence-corrected chi connectivity index (χ0v) is 18.1. The molecule has 1 fully saturated rings. The fourth-order valence-electron chi connectivity index (χ4n) is 2.91. The van der Waals surface area contributed by atoms with E-state index >= 15 is 0 Å². The van der Waals surface area contributed by atoms with Gasteiger partial charge in [0.05, 0.1) is 33.1 Å². The Kier molecular flexibility index (Phi) is 9.60. The Labute approximate surface area is 183 Å². The number of methoxy groups -OCH3 is 1. The molecule has 1 aliphatic heterocycles. The van der Waals surface area contributed by atoms with E-state index in [4.69, 9.17) is 14.2 Å². The quantitative estimate of drug-likeness (QED) is 0.512. The first kappa shape index (κ1) is 23.7. The molecule has 7 nitrogen and oxygen atoms in total. The van der Waals surface area contributed by atoms with Gasteiger partial charge in [0.25, 0.3) is 5.91 Å². The number of amides is 1. The van der Waals surface area contributed by atoms with Crippen LogP contribution in [0.2, 0.25) is 0 Å². The highest BCUT2D eigenvalue weighted by Gasteiger charge is 2.13. The number of morpholine rings is 1. The zero-order valence-electron chi connectivity index (χ0n) is 17.3. The van der Waals surface area contributed by atoms with E-state index < -0.39 is 0 Å². The highest BCUT2D eigenvalue weighted by Crippen LogP contribution is 2.28. The van der Waals surface area contributed by atoms with E-state index in [1.807, 2.05) is 35.2 Å². The van der Waals surface area contributed by atoms with Crippen LogP contribution in [-0.4, -0.2) is 57.0 Å². The summed E-state index contributed by atoms with van der Waals surface area (Å²) in [6, 6.07) is 13.7. The number of nitrogens with one attached hydrogen (secondary N) is 1. The molecule has 3 rings (SSSR count). The summed E-state index contributed by atoms with van der Waals surface area (Å²) in [5, 5.41) is 4.04. The van der Waals surface area contributed by atoms with Crippen molar-refractivity contribution < 1.29 is 19.0 Å². The topological polar surface area (TPSA) is 72.4 Å². The Morgan fingerprint density at radius 2 is 1.90 bits per heavy atom. The largest absolute Gasteiger partial charge is 0.493 e. The van der Waals surface area contributed by atoms with Crippen LogP contribution in [0.5, 0.6) is 11.5 Å². The van der Waals surface area contributed by atoms with Crippen molar-refractivity contribution in [3.8, 4) is 11.5 Å². The van der Waals surface area contributed by atoms with E-state index in [1.54, 1.807) is 13.3 Å². The molecule has 0 aromatic heterocycles. The lowest BCUT2D eigenvalue weighted by Crippen LogP contribution is -2.42. The van der Waals surface area contributed by atoms with E-state index in [9.17, 15) is 4.79 Å². The maximum atomic E-state index is 12.0. The molecule has 2 aromatic carbocycles. The second kappa shape index (κ2) is 12.2. The van der Waals surface area contributed by atoms with Gasteiger partial charge in [-0.15, -0.1) is 12.4 Å². The van der Waals surface area contributed by atoms with Crippen LogP contribution < -0.4 is 14.9 Å². The molecule has 1 N–H and O–H groups in total. The van der Waals surface area contributed by atoms with Gasteiger partial charge in [0, 0.05) is 13.1 Å². The maximum absolute atomic E-state index is 12.0. The van der Waals surface area contributed by atoms with E-state index in [2.05, 4.69) is 29.6 Å². The molecular weight excluding hydrogens is 406 g/mol. The lowest BCUT2D eigenvalue weighted by molar-refractivity contribution is -0.123. The van der Waals surface area contributed by atoms with Gasteiger partial charge >= 0.3 is 0 Å². The molecule has 0 bridgehead atoms. The fourth-order valence-corrected chi connectivity index (χ4v) is 2.91. The van der Waals surface area contributed by atoms with Crippen LogP contribution in [0.15, 0.2) is 47.6 Å². The minimum Gasteiger partial charge on any atom is -0.493 e. The van der Waals surface area contributed by atoms with Gasteiger partial charge in [-0.3, -0.25) is 9.69 Å². The van der Waals surface area contributed by atoms with Crippen molar-refractivity contribution >= 4 is 24.5 Å². The number of benzene rings is 2. The fraction of sp³-hybridized carbons (Fsp3) is 0.364. The molecule has 30 heavy (non-hydrogen) atoms. The predicted molar refractivity (Wildman–Crippen MR) is 119 cm³/mol. The van der Waals surface area contributed by atoms with Crippen LogP contribution in [0.1, 0.15) is 16.7 Å². The van der Waals surface area contributed by atoms with Gasteiger partial charge in [-0.2, -0.15) is 5.10 Å². The van der Waals surface area contributed by atoms with Crippen LogP contribution in [0.4, 0.5) is 0 Å². The van der Waals surface area contributed by atoms with Crippen molar-refractivity contribution in [2.45, 2.75) is 13.5 Å². The number of nitrogens with zero attached hydrogens (tertiary/aromatic N) is 2. The maximum Gasteiger partial charge on any atom is 0.254 e. The summed E-state index contributed by atoms with van der Waals surface area (Å²) in [6.45, 7) is 5.68.